The first-order chi connectivity index (χ1) is 38.6. The Balaban J connectivity index is 0.000000254. The largest absolute Gasteiger partial charge is 1.00 e. The van der Waals surface area contributed by atoms with E-state index < -0.39 is 54.0 Å². The number of carboxylic acids is 1. The van der Waals surface area contributed by atoms with E-state index in [1.807, 2.05) is 243 Å². The van der Waals surface area contributed by atoms with Crippen molar-refractivity contribution in [2.45, 2.75) is 48.8 Å². The number of carboxylic acid groups (broad SMARTS) is 1. The van der Waals surface area contributed by atoms with Gasteiger partial charge in [-0.1, -0.05) is 194 Å². The maximum absolute atomic E-state index is 14.2. The summed E-state index contributed by atoms with van der Waals surface area (Å²) in [4.78, 5) is 86.8. The SMILES string of the molecule is COC(=O)[C@@H]1C[C@H](NC(=O)N(c2ccccc2)c2ccccc2)CN1C(=O)C(c1ccccc1)c1ccccc1.O.O=C(O)[C@@H]1C[C@H](NC(=O)N(c2ccccc2)c2ccccc2)CN1C(=O)C(c1ccccc1)c1ccccc1.[Li+].[OH-]. The van der Waals surface area contributed by atoms with Crippen LogP contribution in [0.1, 0.15) is 46.9 Å². The molecule has 8 aromatic rings. The number of rotatable bonds is 14. The molecule has 0 spiro atoms. The normalized spacial score (nSPS) is 15.9. The van der Waals surface area contributed by atoms with Crippen molar-refractivity contribution in [3.63, 3.8) is 0 Å². The number of aliphatic carboxylic acids is 1. The van der Waals surface area contributed by atoms with Gasteiger partial charge in [-0.15, -0.1) is 0 Å². The molecule has 2 saturated heterocycles. The smallest absolute Gasteiger partial charge is 0.870 e. The maximum Gasteiger partial charge on any atom is 1.00 e. The Hall–Kier alpha value is -9.30. The summed E-state index contributed by atoms with van der Waals surface area (Å²) < 4.78 is 5.09. The Kier molecular flexibility index (Phi) is 22.5. The van der Waals surface area contributed by atoms with Gasteiger partial charge in [0.1, 0.15) is 12.1 Å². The summed E-state index contributed by atoms with van der Waals surface area (Å²) in [6.45, 7) is 0.271. The van der Waals surface area contributed by atoms with E-state index in [1.165, 1.54) is 12.0 Å². The van der Waals surface area contributed by atoms with Crippen LogP contribution in [0.3, 0.4) is 0 Å². The fraction of sp³-hybridized carbons (Fsp3) is 0.169. The van der Waals surface area contributed by atoms with Crippen LogP contribution in [0.25, 0.3) is 0 Å². The molecule has 10 rings (SSSR count). The van der Waals surface area contributed by atoms with Crippen LogP contribution >= 0.6 is 0 Å². The number of esters is 1. The first-order valence-electron chi connectivity index (χ1n) is 26.1. The average molecular weight is 1100 g/mol. The van der Waals surface area contributed by atoms with Gasteiger partial charge in [-0.3, -0.25) is 19.4 Å². The molecule has 2 fully saturated rings. The predicted molar refractivity (Wildman–Crippen MR) is 310 cm³/mol. The van der Waals surface area contributed by atoms with E-state index in [-0.39, 0.29) is 73.6 Å². The van der Waals surface area contributed by atoms with Gasteiger partial charge in [-0.25, -0.2) is 19.2 Å². The Labute approximate surface area is 488 Å². The molecule has 2 aliphatic rings. The molecule has 0 bridgehead atoms. The van der Waals surface area contributed by atoms with Crippen LogP contribution in [0.2, 0.25) is 0 Å². The van der Waals surface area contributed by atoms with E-state index >= 15 is 0 Å². The standard InChI is InChI=1S/C33H31N3O4.C32H29N3O4.Li.2H2O/c1-40-32(38)29-22-26(34-33(39)36(27-18-10-4-11-19-27)28-20-12-5-13-21-28)23-35(29)31(37)30(24-14-6-2-7-15-24)25-16-8-3-9-17-25;36-30(29(23-13-5-1-6-14-23)24-15-7-2-8-16-24)34-22-25(21-28(34)31(37)38)33-32(39)35(26-17-9-3-10-18-26)27-19-11-4-12-20-27;;;/h2-21,26,29-30H,22-23H2,1H3,(H,34,39);1-20,25,28-29H,21-22H2,(H,33,39)(H,37,38);;2*1H2/q;;+1;;/p-1/t26-,29-;25-,28-;;;/m00.../s1. The van der Waals surface area contributed by atoms with Crippen molar-refractivity contribution in [3.8, 4) is 0 Å². The fourth-order valence-corrected chi connectivity index (χ4v) is 10.4. The minimum absolute atomic E-state index is 0. The number of benzene rings is 8. The molecule has 82 heavy (non-hydrogen) atoms. The molecule has 16 nitrogen and oxygen atoms in total. The molecule has 17 heteroatoms. The quantitative estimate of drug-likeness (QED) is 0.0756. The number of hydrogen-bond donors (Lipinski definition) is 3. The zero-order chi connectivity index (χ0) is 55.1. The number of methoxy groups -OCH3 is 1. The second-order valence-corrected chi connectivity index (χ2v) is 19.2. The summed E-state index contributed by atoms with van der Waals surface area (Å²) in [5.74, 6) is -3.38. The van der Waals surface area contributed by atoms with Crippen LogP contribution in [0.4, 0.5) is 32.3 Å². The number of ether oxygens (including phenoxy) is 1. The Morgan fingerprint density at radius 1 is 0.439 bits per heavy atom. The van der Waals surface area contributed by atoms with E-state index in [1.54, 1.807) is 14.7 Å². The minimum atomic E-state index is -1.09. The molecule has 8 aromatic carbocycles. The van der Waals surface area contributed by atoms with Gasteiger partial charge in [0.2, 0.25) is 11.8 Å². The minimum Gasteiger partial charge on any atom is -0.870 e. The van der Waals surface area contributed by atoms with Crippen molar-refractivity contribution < 1.29 is 68.4 Å². The van der Waals surface area contributed by atoms with Crippen molar-refractivity contribution >= 4 is 58.6 Å². The fourth-order valence-electron chi connectivity index (χ4n) is 10.4. The maximum atomic E-state index is 14.2. The molecule has 6 N–H and O–H groups in total. The number of amides is 6. The van der Waals surface area contributed by atoms with Crippen LogP contribution in [-0.2, 0) is 23.9 Å². The van der Waals surface area contributed by atoms with Crippen molar-refractivity contribution in [1.29, 1.82) is 0 Å². The number of anilines is 4. The number of nitrogens with one attached hydrogen (secondary N) is 2. The first kappa shape index (κ1) is 61.9. The van der Waals surface area contributed by atoms with Gasteiger partial charge in [0.25, 0.3) is 0 Å². The van der Waals surface area contributed by atoms with Crippen molar-refractivity contribution in [1.82, 2.24) is 20.4 Å². The third-order valence-electron chi connectivity index (χ3n) is 14.1. The Bertz CT molecular complexity index is 3150. The summed E-state index contributed by atoms with van der Waals surface area (Å²) >= 11 is 0. The molecule has 0 unspecified atom stereocenters. The number of para-hydroxylation sites is 4. The molecule has 0 aromatic heterocycles. The molecular formula is C65H63LiN6O10. The molecule has 0 saturated carbocycles. The second-order valence-electron chi connectivity index (χ2n) is 19.2. The van der Waals surface area contributed by atoms with Crippen LogP contribution in [0, 0.1) is 0 Å². The topological polar surface area (TPSA) is 230 Å². The summed E-state index contributed by atoms with van der Waals surface area (Å²) in [5.41, 5.74) is 5.98. The summed E-state index contributed by atoms with van der Waals surface area (Å²) in [5, 5.41) is 16.1. The third-order valence-corrected chi connectivity index (χ3v) is 14.1. The van der Waals surface area contributed by atoms with E-state index in [2.05, 4.69) is 10.6 Å². The molecule has 4 atom stereocenters. The molecule has 0 aliphatic carbocycles. The molecule has 0 radical (unpaired) electrons. The average Bonchev–Trinajstić information content (AvgIpc) is 4.32. The van der Waals surface area contributed by atoms with Gasteiger partial charge in [-0.05, 0) is 70.8 Å². The van der Waals surface area contributed by atoms with Crippen molar-refractivity contribution in [3.05, 3.63) is 265 Å². The van der Waals surface area contributed by atoms with Crippen LogP contribution in [0.5, 0.6) is 0 Å². The van der Waals surface area contributed by atoms with Crippen LogP contribution in [0.15, 0.2) is 243 Å². The molecule has 414 valence electrons. The second kappa shape index (κ2) is 29.8. The predicted octanol–water partition coefficient (Wildman–Crippen LogP) is 6.93. The van der Waals surface area contributed by atoms with Crippen molar-refractivity contribution in [2.24, 2.45) is 0 Å². The van der Waals surface area contributed by atoms with Gasteiger partial charge in [-0.2, -0.15) is 0 Å². The van der Waals surface area contributed by atoms with E-state index in [0.29, 0.717) is 22.7 Å². The van der Waals surface area contributed by atoms with Gasteiger partial charge in [0.15, 0.2) is 0 Å². The van der Waals surface area contributed by atoms with Gasteiger partial charge in [0, 0.05) is 25.9 Å². The zero-order valence-electron chi connectivity index (χ0n) is 45.4. The first-order valence-corrected chi connectivity index (χ1v) is 26.1. The third kappa shape index (κ3) is 14.7. The summed E-state index contributed by atoms with van der Waals surface area (Å²) in [6.07, 6.45) is 0.360. The van der Waals surface area contributed by atoms with E-state index in [0.717, 1.165) is 22.3 Å². The molecule has 2 aliphatic heterocycles. The van der Waals surface area contributed by atoms with Gasteiger partial charge < -0.3 is 41.2 Å². The number of carbonyl (C=O) groups is 6. The Morgan fingerprint density at radius 2 is 0.683 bits per heavy atom. The monoisotopic (exact) mass is 1090 g/mol. The van der Waals surface area contributed by atoms with Gasteiger partial charge in [0.05, 0.1) is 53.8 Å². The molecular weight excluding hydrogens is 1030 g/mol. The number of carbonyl (C=O) groups excluding carboxylic acids is 5. The van der Waals surface area contributed by atoms with Crippen molar-refractivity contribution in [2.75, 3.05) is 30.0 Å². The van der Waals surface area contributed by atoms with Crippen LogP contribution in [-0.4, -0.2) is 106 Å². The Morgan fingerprint density at radius 3 is 0.939 bits per heavy atom. The molecule has 2 heterocycles. The van der Waals surface area contributed by atoms with E-state index in [9.17, 15) is 33.9 Å². The number of nitrogens with zero attached hydrogens (tertiary/aromatic N) is 4. The van der Waals surface area contributed by atoms with E-state index in [4.69, 9.17) is 4.74 Å². The number of urea groups is 2. The molecule has 6 amide bonds. The van der Waals surface area contributed by atoms with Crippen LogP contribution < -0.4 is 39.3 Å². The summed E-state index contributed by atoms with van der Waals surface area (Å²) in [7, 11) is 1.31. The number of likely N-dealkylation sites (tertiary alicyclic amines) is 2. The summed E-state index contributed by atoms with van der Waals surface area (Å²) in [6, 6.07) is 71.3. The zero-order valence-corrected chi connectivity index (χ0v) is 45.4. The number of hydrogen-bond acceptors (Lipinski definition) is 8. The van der Waals surface area contributed by atoms with Gasteiger partial charge >= 0.3 is 42.9 Å².